The number of amides is 2. The van der Waals surface area contributed by atoms with Crippen molar-refractivity contribution in [2.45, 2.75) is 38.5 Å². The molecule has 2 aliphatic rings. The van der Waals surface area contributed by atoms with Gasteiger partial charge in [-0.2, -0.15) is 5.10 Å². The van der Waals surface area contributed by atoms with E-state index in [0.29, 0.717) is 36.7 Å². The fourth-order valence-corrected chi connectivity index (χ4v) is 4.03. The minimum absolute atomic E-state index is 0.0146. The van der Waals surface area contributed by atoms with Crippen LogP contribution >= 0.6 is 0 Å². The number of likely N-dealkylation sites (tertiary alicyclic amines) is 1. The van der Waals surface area contributed by atoms with Gasteiger partial charge in [0.05, 0.1) is 18.2 Å². The number of carbonyl (C=O) groups is 2. The molecule has 0 unspecified atom stereocenters. The first kappa shape index (κ1) is 17.6. The van der Waals surface area contributed by atoms with E-state index in [0.717, 1.165) is 24.1 Å². The predicted octanol–water partition coefficient (Wildman–Crippen LogP) is 1.23. The van der Waals surface area contributed by atoms with E-state index >= 15 is 0 Å². The maximum absolute atomic E-state index is 12.9. The molecule has 2 amide bonds. The van der Waals surface area contributed by atoms with Crippen LogP contribution in [0.5, 0.6) is 0 Å². The second-order valence-corrected chi connectivity index (χ2v) is 7.86. The number of anilines is 1. The molecule has 0 aliphatic carbocycles. The predicted molar refractivity (Wildman–Crippen MR) is 99.6 cm³/mol. The summed E-state index contributed by atoms with van der Waals surface area (Å²) in [5, 5.41) is 4.10. The molecule has 0 radical (unpaired) electrons. The largest absolute Gasteiger partial charge is 0.338 e. The van der Waals surface area contributed by atoms with Crippen molar-refractivity contribution in [3.05, 3.63) is 35.0 Å². The van der Waals surface area contributed by atoms with E-state index in [1.54, 1.807) is 36.1 Å². The highest BCUT2D eigenvalue weighted by Gasteiger charge is 2.39. The number of hydrogen-bond donors (Lipinski definition) is 0. The molecule has 1 fully saturated rings. The molecule has 1 saturated heterocycles. The number of piperidine rings is 1. The first-order valence-electron chi connectivity index (χ1n) is 9.21. The number of fused-ring (bicyclic) bond motifs is 1. The van der Waals surface area contributed by atoms with Crippen molar-refractivity contribution >= 4 is 17.6 Å². The van der Waals surface area contributed by atoms with Gasteiger partial charge < -0.3 is 4.90 Å². The fraction of sp³-hybridized carbons (Fsp3) is 0.526. The maximum atomic E-state index is 12.9. The maximum Gasteiger partial charge on any atom is 0.257 e. The fourth-order valence-electron chi connectivity index (χ4n) is 4.03. The summed E-state index contributed by atoms with van der Waals surface area (Å²) in [7, 11) is 3.56. The van der Waals surface area contributed by atoms with Crippen molar-refractivity contribution < 1.29 is 9.59 Å². The van der Waals surface area contributed by atoms with Crippen LogP contribution in [0.2, 0.25) is 0 Å². The number of hydrogen-bond acceptors (Lipinski definition) is 5. The highest BCUT2D eigenvalue weighted by Crippen LogP contribution is 2.36. The van der Waals surface area contributed by atoms with Crippen LogP contribution < -0.4 is 4.90 Å². The summed E-state index contributed by atoms with van der Waals surface area (Å²) in [4.78, 5) is 37.9. The van der Waals surface area contributed by atoms with Crippen molar-refractivity contribution in [1.82, 2.24) is 24.6 Å². The topological polar surface area (TPSA) is 84.2 Å². The third-order valence-electron chi connectivity index (χ3n) is 5.69. The highest BCUT2D eigenvalue weighted by molar-refractivity contribution is 6.00. The zero-order valence-electron chi connectivity index (χ0n) is 16.2. The van der Waals surface area contributed by atoms with Gasteiger partial charge in [0.25, 0.3) is 5.91 Å². The molecule has 8 nitrogen and oxygen atoms in total. The molecule has 4 rings (SSSR count). The van der Waals surface area contributed by atoms with Gasteiger partial charge in [0.2, 0.25) is 5.91 Å². The van der Waals surface area contributed by atoms with Crippen molar-refractivity contribution in [2.75, 3.05) is 25.0 Å². The average molecular weight is 368 g/mol. The number of aryl methyl sites for hydroxylation is 2. The lowest BCUT2D eigenvalue weighted by Crippen LogP contribution is -2.48. The third kappa shape index (κ3) is 2.89. The summed E-state index contributed by atoms with van der Waals surface area (Å²) >= 11 is 0. The van der Waals surface area contributed by atoms with Crippen molar-refractivity contribution in [3.8, 4) is 0 Å². The molecule has 27 heavy (non-hydrogen) atoms. The first-order chi connectivity index (χ1) is 12.8. The first-order valence-corrected chi connectivity index (χ1v) is 9.21. The Morgan fingerprint density at radius 3 is 2.74 bits per heavy atom. The SMILES string of the molecule is Cc1nc([C@@]2(C)CCCN(C(=O)c3cnn(C)c3)C2)nc2c1CC(=O)N2C. The Labute approximate surface area is 158 Å². The van der Waals surface area contributed by atoms with Gasteiger partial charge in [-0.1, -0.05) is 6.92 Å². The van der Waals surface area contributed by atoms with Crippen LogP contribution in [0.4, 0.5) is 5.82 Å². The van der Waals surface area contributed by atoms with Crippen LogP contribution in [0.3, 0.4) is 0 Å². The van der Waals surface area contributed by atoms with E-state index in [9.17, 15) is 9.59 Å². The molecule has 0 bridgehead atoms. The lowest BCUT2D eigenvalue weighted by molar-refractivity contribution is -0.117. The monoisotopic (exact) mass is 368 g/mol. The lowest BCUT2D eigenvalue weighted by Gasteiger charge is -2.39. The summed E-state index contributed by atoms with van der Waals surface area (Å²) in [6, 6.07) is 0. The van der Waals surface area contributed by atoms with E-state index < -0.39 is 0 Å². The number of aromatic nitrogens is 4. The molecule has 1 atom stereocenters. The van der Waals surface area contributed by atoms with Gasteiger partial charge in [-0.15, -0.1) is 0 Å². The van der Waals surface area contributed by atoms with Gasteiger partial charge in [-0.05, 0) is 19.8 Å². The van der Waals surface area contributed by atoms with Gasteiger partial charge in [-0.3, -0.25) is 19.2 Å². The third-order valence-corrected chi connectivity index (χ3v) is 5.69. The van der Waals surface area contributed by atoms with Crippen LogP contribution in [0.1, 0.15) is 47.2 Å². The minimum atomic E-state index is -0.345. The molecular formula is C19H24N6O2. The molecule has 2 aromatic heterocycles. The number of nitrogens with zero attached hydrogens (tertiary/aromatic N) is 6. The van der Waals surface area contributed by atoms with Gasteiger partial charge in [0.1, 0.15) is 11.6 Å². The van der Waals surface area contributed by atoms with Gasteiger partial charge in [0, 0.05) is 50.1 Å². The smallest absolute Gasteiger partial charge is 0.257 e. The van der Waals surface area contributed by atoms with Crippen LogP contribution in [0, 0.1) is 6.92 Å². The highest BCUT2D eigenvalue weighted by atomic mass is 16.2. The molecule has 0 aromatic carbocycles. The van der Waals surface area contributed by atoms with Crippen LogP contribution in [-0.4, -0.2) is 56.6 Å². The molecule has 2 aliphatic heterocycles. The molecule has 4 heterocycles. The van der Waals surface area contributed by atoms with Crippen LogP contribution in [0.25, 0.3) is 0 Å². The molecular weight excluding hydrogens is 344 g/mol. The van der Waals surface area contributed by atoms with E-state index in [1.807, 2.05) is 11.8 Å². The number of likely N-dealkylation sites (N-methyl/N-ethyl adjacent to an activating group) is 1. The summed E-state index contributed by atoms with van der Waals surface area (Å²) in [6.07, 6.45) is 5.49. The quantitative estimate of drug-likeness (QED) is 0.796. The average Bonchev–Trinajstić information content (AvgIpc) is 3.19. The van der Waals surface area contributed by atoms with Crippen molar-refractivity contribution in [2.24, 2.45) is 7.05 Å². The minimum Gasteiger partial charge on any atom is -0.338 e. The van der Waals surface area contributed by atoms with Gasteiger partial charge in [0.15, 0.2) is 0 Å². The lowest BCUT2D eigenvalue weighted by atomic mass is 9.80. The van der Waals surface area contributed by atoms with E-state index in [1.165, 1.54) is 0 Å². The van der Waals surface area contributed by atoms with Crippen LogP contribution in [-0.2, 0) is 23.7 Å². The number of rotatable bonds is 2. The van der Waals surface area contributed by atoms with E-state index in [4.69, 9.17) is 9.97 Å². The zero-order valence-corrected chi connectivity index (χ0v) is 16.2. The Morgan fingerprint density at radius 1 is 1.26 bits per heavy atom. The normalized spacial score (nSPS) is 22.3. The Hall–Kier alpha value is -2.77. The second-order valence-electron chi connectivity index (χ2n) is 7.86. The van der Waals surface area contributed by atoms with Crippen LogP contribution in [0.15, 0.2) is 12.4 Å². The summed E-state index contributed by atoms with van der Waals surface area (Å²) in [5.41, 5.74) is 2.01. The van der Waals surface area contributed by atoms with Gasteiger partial charge in [-0.25, -0.2) is 9.97 Å². The molecule has 0 N–H and O–H groups in total. The van der Waals surface area contributed by atoms with E-state index in [2.05, 4.69) is 12.0 Å². The molecule has 0 saturated carbocycles. The Kier molecular flexibility index (Phi) is 4.01. The molecule has 0 spiro atoms. The van der Waals surface area contributed by atoms with Crippen molar-refractivity contribution in [1.29, 1.82) is 0 Å². The standard InChI is InChI=1S/C19H24N6O2/c1-12-14-8-15(26)24(4)16(14)22-18(21-12)19(2)6-5-7-25(11-19)17(27)13-9-20-23(3)10-13/h9-10H,5-8,11H2,1-4H3/t19-/m0/s1. The summed E-state index contributed by atoms with van der Waals surface area (Å²) in [6.45, 7) is 5.30. The second kappa shape index (κ2) is 6.14. The van der Waals surface area contributed by atoms with Crippen molar-refractivity contribution in [3.63, 3.8) is 0 Å². The molecule has 8 heteroatoms. The Bertz CT molecular complexity index is 936. The zero-order chi connectivity index (χ0) is 19.3. The van der Waals surface area contributed by atoms with Gasteiger partial charge >= 0.3 is 0 Å². The summed E-state index contributed by atoms with van der Waals surface area (Å²) in [5.74, 6) is 1.45. The van der Waals surface area contributed by atoms with E-state index in [-0.39, 0.29) is 17.2 Å². The Balaban J connectivity index is 1.64. The number of carbonyl (C=O) groups excluding carboxylic acids is 2. The molecule has 142 valence electrons. The Morgan fingerprint density at radius 2 is 2.04 bits per heavy atom. The molecule has 2 aromatic rings. The summed E-state index contributed by atoms with van der Waals surface area (Å²) < 4.78 is 1.64.